The van der Waals surface area contributed by atoms with Crippen molar-refractivity contribution in [1.29, 1.82) is 5.26 Å². The van der Waals surface area contributed by atoms with Gasteiger partial charge >= 0.3 is 0 Å². The van der Waals surface area contributed by atoms with E-state index in [1.54, 1.807) is 0 Å². The summed E-state index contributed by atoms with van der Waals surface area (Å²) in [5.74, 6) is 0.725. The molecule has 3 nitrogen and oxygen atoms in total. The Morgan fingerprint density at radius 2 is 2.00 bits per heavy atom. The molecule has 1 heterocycles. The standard InChI is InChI=1S/C13H16N2O/c14-8-11-3-5-13(6-4-11)15-9-12(10-15)2-1-7-16/h3-6,12,16H,1-2,7,9-10H2. The molecule has 84 valence electrons. The van der Waals surface area contributed by atoms with Crippen molar-refractivity contribution in [3.8, 4) is 6.07 Å². The summed E-state index contributed by atoms with van der Waals surface area (Å²) in [5.41, 5.74) is 1.90. The molecule has 16 heavy (non-hydrogen) atoms. The highest BCUT2D eigenvalue weighted by Gasteiger charge is 2.25. The van der Waals surface area contributed by atoms with Crippen molar-refractivity contribution in [2.24, 2.45) is 5.92 Å². The van der Waals surface area contributed by atoms with Gasteiger partial charge < -0.3 is 10.0 Å². The van der Waals surface area contributed by atoms with Crippen LogP contribution in [-0.2, 0) is 0 Å². The molecular weight excluding hydrogens is 200 g/mol. The summed E-state index contributed by atoms with van der Waals surface area (Å²) in [6.07, 6.45) is 2.02. The summed E-state index contributed by atoms with van der Waals surface area (Å²) in [6, 6.07) is 9.84. The summed E-state index contributed by atoms with van der Waals surface area (Å²) < 4.78 is 0. The Balaban J connectivity index is 1.84. The maximum atomic E-state index is 8.73. The van der Waals surface area contributed by atoms with Gasteiger partial charge in [-0.1, -0.05) is 0 Å². The molecule has 2 rings (SSSR count). The van der Waals surface area contributed by atoms with Crippen molar-refractivity contribution in [2.45, 2.75) is 12.8 Å². The van der Waals surface area contributed by atoms with Crippen molar-refractivity contribution < 1.29 is 5.11 Å². The summed E-state index contributed by atoms with van der Waals surface area (Å²) >= 11 is 0. The third kappa shape index (κ3) is 2.34. The predicted octanol–water partition coefficient (Wildman–Crippen LogP) is 1.77. The van der Waals surface area contributed by atoms with Gasteiger partial charge in [-0.05, 0) is 43.0 Å². The third-order valence-electron chi connectivity index (χ3n) is 3.09. The monoisotopic (exact) mass is 216 g/mol. The number of benzene rings is 1. The van der Waals surface area contributed by atoms with Crippen molar-refractivity contribution in [1.82, 2.24) is 0 Å². The lowest BCUT2D eigenvalue weighted by Crippen LogP contribution is -2.46. The molecule has 1 aliphatic rings. The highest BCUT2D eigenvalue weighted by molar-refractivity contribution is 5.51. The van der Waals surface area contributed by atoms with Crippen LogP contribution in [-0.4, -0.2) is 24.8 Å². The largest absolute Gasteiger partial charge is 0.396 e. The molecular formula is C13H16N2O. The number of hydrogen-bond acceptors (Lipinski definition) is 3. The van der Waals surface area contributed by atoms with E-state index in [0.717, 1.165) is 31.8 Å². The first-order chi connectivity index (χ1) is 7.83. The maximum absolute atomic E-state index is 8.73. The van der Waals surface area contributed by atoms with E-state index in [1.807, 2.05) is 24.3 Å². The Morgan fingerprint density at radius 3 is 2.56 bits per heavy atom. The zero-order chi connectivity index (χ0) is 11.4. The Morgan fingerprint density at radius 1 is 1.31 bits per heavy atom. The van der Waals surface area contributed by atoms with Crippen molar-refractivity contribution in [3.63, 3.8) is 0 Å². The van der Waals surface area contributed by atoms with Gasteiger partial charge in [0.1, 0.15) is 0 Å². The average molecular weight is 216 g/mol. The first kappa shape index (κ1) is 11.0. The lowest BCUT2D eigenvalue weighted by molar-refractivity contribution is 0.260. The molecule has 1 aromatic rings. The fourth-order valence-electron chi connectivity index (χ4n) is 2.09. The molecule has 0 spiro atoms. The number of nitrogens with zero attached hydrogens (tertiary/aromatic N) is 2. The highest BCUT2D eigenvalue weighted by Crippen LogP contribution is 2.27. The molecule has 0 amide bonds. The minimum Gasteiger partial charge on any atom is -0.396 e. The fourth-order valence-corrected chi connectivity index (χ4v) is 2.09. The minimum atomic E-state index is 0.299. The van der Waals surface area contributed by atoms with Crippen LogP contribution in [0.4, 0.5) is 5.69 Å². The zero-order valence-electron chi connectivity index (χ0n) is 9.26. The number of rotatable bonds is 4. The lowest BCUT2D eigenvalue weighted by Gasteiger charge is -2.41. The Kier molecular flexibility index (Phi) is 3.43. The van der Waals surface area contributed by atoms with Crippen molar-refractivity contribution in [2.75, 3.05) is 24.6 Å². The maximum Gasteiger partial charge on any atom is 0.0991 e. The van der Waals surface area contributed by atoms with Crippen LogP contribution in [0.3, 0.4) is 0 Å². The van der Waals surface area contributed by atoms with Crippen molar-refractivity contribution in [3.05, 3.63) is 29.8 Å². The first-order valence-corrected chi connectivity index (χ1v) is 5.69. The molecule has 1 N–H and O–H groups in total. The molecule has 0 aromatic heterocycles. The van der Waals surface area contributed by atoms with E-state index >= 15 is 0 Å². The van der Waals surface area contributed by atoms with Crippen LogP contribution < -0.4 is 4.90 Å². The number of nitriles is 1. The van der Waals surface area contributed by atoms with Gasteiger partial charge in [0, 0.05) is 25.4 Å². The molecule has 1 aliphatic heterocycles. The fraction of sp³-hybridized carbons (Fsp3) is 0.462. The van der Waals surface area contributed by atoms with Crippen LogP contribution in [0.5, 0.6) is 0 Å². The van der Waals surface area contributed by atoms with E-state index in [2.05, 4.69) is 11.0 Å². The van der Waals surface area contributed by atoms with E-state index in [1.165, 1.54) is 5.69 Å². The second-order valence-electron chi connectivity index (χ2n) is 4.30. The minimum absolute atomic E-state index is 0.299. The molecule has 1 aromatic carbocycles. The Bertz CT molecular complexity index is 374. The average Bonchev–Trinajstić information content (AvgIpc) is 2.28. The van der Waals surface area contributed by atoms with Gasteiger partial charge in [-0.3, -0.25) is 0 Å². The van der Waals surface area contributed by atoms with Gasteiger partial charge in [0.2, 0.25) is 0 Å². The number of hydrogen-bond donors (Lipinski definition) is 1. The molecule has 1 saturated heterocycles. The van der Waals surface area contributed by atoms with Gasteiger partial charge in [-0.15, -0.1) is 0 Å². The van der Waals surface area contributed by atoms with Crippen LogP contribution in [0.15, 0.2) is 24.3 Å². The lowest BCUT2D eigenvalue weighted by atomic mass is 9.94. The van der Waals surface area contributed by atoms with E-state index in [0.29, 0.717) is 12.2 Å². The Hall–Kier alpha value is -1.53. The second kappa shape index (κ2) is 5.00. The Labute approximate surface area is 95.9 Å². The molecule has 0 bridgehead atoms. The first-order valence-electron chi connectivity index (χ1n) is 5.69. The van der Waals surface area contributed by atoms with Crippen LogP contribution >= 0.6 is 0 Å². The van der Waals surface area contributed by atoms with Crippen LogP contribution in [0, 0.1) is 17.2 Å². The topological polar surface area (TPSA) is 47.3 Å². The van der Waals surface area contributed by atoms with E-state index in [9.17, 15) is 0 Å². The molecule has 0 aliphatic carbocycles. The highest BCUT2D eigenvalue weighted by atomic mass is 16.2. The van der Waals surface area contributed by atoms with Gasteiger partial charge in [-0.25, -0.2) is 0 Å². The molecule has 0 saturated carbocycles. The molecule has 0 radical (unpaired) electrons. The normalized spacial score (nSPS) is 15.6. The quantitative estimate of drug-likeness (QED) is 0.834. The summed E-state index contributed by atoms with van der Waals surface area (Å²) in [5, 5.41) is 17.4. The van der Waals surface area contributed by atoms with Crippen molar-refractivity contribution >= 4 is 5.69 Å². The van der Waals surface area contributed by atoms with Gasteiger partial charge in [0.05, 0.1) is 11.6 Å². The molecule has 1 fully saturated rings. The SMILES string of the molecule is N#Cc1ccc(N2CC(CCCO)C2)cc1. The van der Waals surface area contributed by atoms with Crippen LogP contribution in [0.25, 0.3) is 0 Å². The van der Waals surface area contributed by atoms with E-state index in [-0.39, 0.29) is 0 Å². The summed E-state index contributed by atoms with van der Waals surface area (Å²) in [6.45, 7) is 2.45. The van der Waals surface area contributed by atoms with Gasteiger partial charge in [-0.2, -0.15) is 5.26 Å². The van der Waals surface area contributed by atoms with E-state index in [4.69, 9.17) is 10.4 Å². The summed E-state index contributed by atoms with van der Waals surface area (Å²) in [4.78, 5) is 2.31. The summed E-state index contributed by atoms with van der Waals surface area (Å²) in [7, 11) is 0. The smallest absolute Gasteiger partial charge is 0.0991 e. The third-order valence-corrected chi connectivity index (χ3v) is 3.09. The van der Waals surface area contributed by atoms with Crippen LogP contribution in [0.1, 0.15) is 18.4 Å². The molecule has 0 atom stereocenters. The zero-order valence-corrected chi connectivity index (χ0v) is 9.26. The molecule has 3 heteroatoms. The predicted molar refractivity (Wildman–Crippen MR) is 63.2 cm³/mol. The number of aliphatic hydroxyl groups is 1. The van der Waals surface area contributed by atoms with E-state index < -0.39 is 0 Å². The second-order valence-corrected chi connectivity index (χ2v) is 4.30. The van der Waals surface area contributed by atoms with Gasteiger partial charge in [0.15, 0.2) is 0 Å². The van der Waals surface area contributed by atoms with Gasteiger partial charge in [0.25, 0.3) is 0 Å². The number of aliphatic hydroxyl groups excluding tert-OH is 1. The van der Waals surface area contributed by atoms with Crippen LogP contribution in [0.2, 0.25) is 0 Å². The number of anilines is 1. The molecule has 0 unspecified atom stereocenters.